The van der Waals surface area contributed by atoms with Crippen LogP contribution in [0.2, 0.25) is 0 Å². The van der Waals surface area contributed by atoms with Gasteiger partial charge in [0.25, 0.3) is 5.91 Å². The second kappa shape index (κ2) is 6.45. The number of hydrogen-bond acceptors (Lipinski definition) is 8. The normalized spacial score (nSPS) is 11.1. The standard InChI is InChI=1S/C18H10N4O3S2/c23-16(11-8-14(25-22-11)13-5-3-7-24-13)21-18-20-12(9-26-18)17-19-10-4-1-2-6-15(10)27-17/h1-9H,(H,20,21,23). The number of furan rings is 1. The molecule has 0 bridgehead atoms. The molecule has 0 spiro atoms. The Balaban J connectivity index is 1.35. The second-order valence-corrected chi connectivity index (χ2v) is 7.42. The predicted octanol–water partition coefficient (Wildman–Crippen LogP) is 4.92. The summed E-state index contributed by atoms with van der Waals surface area (Å²) in [6, 6.07) is 12.9. The van der Waals surface area contributed by atoms with E-state index in [1.807, 2.05) is 29.6 Å². The molecule has 0 aliphatic heterocycles. The monoisotopic (exact) mass is 394 g/mol. The molecule has 0 saturated heterocycles. The molecule has 5 aromatic rings. The Morgan fingerprint density at radius 3 is 2.85 bits per heavy atom. The van der Waals surface area contributed by atoms with Gasteiger partial charge in [0, 0.05) is 11.4 Å². The van der Waals surface area contributed by atoms with Gasteiger partial charge in [-0.25, -0.2) is 9.97 Å². The molecule has 9 heteroatoms. The van der Waals surface area contributed by atoms with Crippen LogP contribution >= 0.6 is 22.7 Å². The van der Waals surface area contributed by atoms with E-state index >= 15 is 0 Å². The van der Waals surface area contributed by atoms with Crippen molar-refractivity contribution in [3.05, 3.63) is 59.8 Å². The number of carbonyl (C=O) groups is 1. The molecule has 7 nitrogen and oxygen atoms in total. The lowest BCUT2D eigenvalue weighted by Gasteiger charge is -1.96. The minimum Gasteiger partial charge on any atom is -0.461 e. The van der Waals surface area contributed by atoms with Crippen LogP contribution in [0, 0.1) is 0 Å². The maximum atomic E-state index is 12.4. The van der Waals surface area contributed by atoms with Crippen LogP contribution in [0.3, 0.4) is 0 Å². The Kier molecular flexibility index (Phi) is 3.80. The summed E-state index contributed by atoms with van der Waals surface area (Å²) >= 11 is 2.89. The van der Waals surface area contributed by atoms with Crippen LogP contribution in [0.25, 0.3) is 32.4 Å². The van der Waals surface area contributed by atoms with Crippen molar-refractivity contribution in [2.45, 2.75) is 0 Å². The van der Waals surface area contributed by atoms with Crippen LogP contribution < -0.4 is 5.32 Å². The highest BCUT2D eigenvalue weighted by atomic mass is 32.1. The van der Waals surface area contributed by atoms with Gasteiger partial charge in [-0.15, -0.1) is 22.7 Å². The molecule has 132 valence electrons. The minimum atomic E-state index is -0.401. The lowest BCUT2D eigenvalue weighted by molar-refractivity contribution is 0.101. The summed E-state index contributed by atoms with van der Waals surface area (Å²) in [7, 11) is 0. The van der Waals surface area contributed by atoms with Gasteiger partial charge in [-0.2, -0.15) is 0 Å². The zero-order valence-electron chi connectivity index (χ0n) is 13.6. The van der Waals surface area contributed by atoms with Gasteiger partial charge < -0.3 is 8.94 Å². The van der Waals surface area contributed by atoms with E-state index in [0.717, 1.165) is 20.9 Å². The third-order valence-corrected chi connectivity index (χ3v) is 5.56. The van der Waals surface area contributed by atoms with E-state index in [-0.39, 0.29) is 5.69 Å². The highest BCUT2D eigenvalue weighted by Crippen LogP contribution is 2.32. The van der Waals surface area contributed by atoms with E-state index in [9.17, 15) is 4.79 Å². The van der Waals surface area contributed by atoms with Gasteiger partial charge in [0.2, 0.25) is 5.76 Å². The number of aromatic nitrogens is 3. The highest BCUT2D eigenvalue weighted by molar-refractivity contribution is 7.22. The fourth-order valence-corrected chi connectivity index (χ4v) is 4.18. The molecule has 0 aliphatic rings. The number of fused-ring (bicyclic) bond motifs is 1. The average Bonchev–Trinajstić information content (AvgIpc) is 3.47. The number of carbonyl (C=O) groups excluding carboxylic acids is 1. The van der Waals surface area contributed by atoms with Gasteiger partial charge in [-0.3, -0.25) is 10.1 Å². The number of anilines is 1. The summed E-state index contributed by atoms with van der Waals surface area (Å²) in [5.41, 5.74) is 1.82. The van der Waals surface area contributed by atoms with Gasteiger partial charge in [-0.1, -0.05) is 17.3 Å². The summed E-state index contributed by atoms with van der Waals surface area (Å²) in [6.45, 7) is 0. The van der Waals surface area contributed by atoms with E-state index in [2.05, 4.69) is 20.4 Å². The van der Waals surface area contributed by atoms with Gasteiger partial charge in [0.1, 0.15) is 10.7 Å². The van der Waals surface area contributed by atoms with Crippen LogP contribution in [0.1, 0.15) is 10.5 Å². The molecule has 4 aromatic heterocycles. The van der Waals surface area contributed by atoms with Crippen molar-refractivity contribution in [1.29, 1.82) is 0 Å². The van der Waals surface area contributed by atoms with Gasteiger partial charge >= 0.3 is 0 Å². The van der Waals surface area contributed by atoms with Crippen molar-refractivity contribution in [1.82, 2.24) is 15.1 Å². The molecule has 1 amide bonds. The number of rotatable bonds is 4. The first-order chi connectivity index (χ1) is 13.3. The second-order valence-electron chi connectivity index (χ2n) is 5.53. The number of nitrogens with one attached hydrogen (secondary N) is 1. The molecule has 0 atom stereocenters. The fraction of sp³-hybridized carbons (Fsp3) is 0. The fourth-order valence-electron chi connectivity index (χ4n) is 2.49. The molecule has 0 saturated carbocycles. The van der Waals surface area contributed by atoms with Crippen molar-refractivity contribution in [2.75, 3.05) is 5.32 Å². The molecule has 0 radical (unpaired) electrons. The zero-order chi connectivity index (χ0) is 18.2. The Hall–Kier alpha value is -3.30. The Morgan fingerprint density at radius 2 is 2.00 bits per heavy atom. The summed E-state index contributed by atoms with van der Waals surface area (Å²) in [4.78, 5) is 21.4. The van der Waals surface area contributed by atoms with E-state index in [4.69, 9.17) is 8.94 Å². The van der Waals surface area contributed by atoms with E-state index in [1.165, 1.54) is 23.7 Å². The third-order valence-electron chi connectivity index (χ3n) is 3.74. The SMILES string of the molecule is O=C(Nc1nc(-c2nc3ccccc3s2)cs1)c1cc(-c2ccco2)on1. The molecule has 27 heavy (non-hydrogen) atoms. The molecule has 5 rings (SSSR count). The molecule has 4 heterocycles. The van der Waals surface area contributed by atoms with Crippen LogP contribution in [-0.4, -0.2) is 21.0 Å². The van der Waals surface area contributed by atoms with Crippen molar-refractivity contribution in [2.24, 2.45) is 0 Å². The summed E-state index contributed by atoms with van der Waals surface area (Å²) < 4.78 is 11.5. The Bertz CT molecular complexity index is 1200. The Labute approximate surface area is 160 Å². The quantitative estimate of drug-likeness (QED) is 0.465. The number of hydrogen-bond donors (Lipinski definition) is 1. The molecule has 0 unspecified atom stereocenters. The minimum absolute atomic E-state index is 0.151. The Morgan fingerprint density at radius 1 is 1.07 bits per heavy atom. The molecular weight excluding hydrogens is 384 g/mol. The van der Waals surface area contributed by atoms with Crippen molar-refractivity contribution in [3.63, 3.8) is 0 Å². The number of benzene rings is 1. The van der Waals surface area contributed by atoms with Crippen LogP contribution in [0.15, 0.2) is 63.0 Å². The molecule has 0 fully saturated rings. The summed E-state index contributed by atoms with van der Waals surface area (Å²) in [5.74, 6) is 0.495. The number of thiazole rings is 2. The van der Waals surface area contributed by atoms with Crippen LogP contribution in [0.5, 0.6) is 0 Å². The lowest BCUT2D eigenvalue weighted by Crippen LogP contribution is -2.11. The highest BCUT2D eigenvalue weighted by Gasteiger charge is 2.17. The summed E-state index contributed by atoms with van der Waals surface area (Å²) in [5, 5.41) is 9.66. The van der Waals surface area contributed by atoms with E-state index < -0.39 is 5.91 Å². The topological polar surface area (TPSA) is 94.1 Å². The van der Waals surface area contributed by atoms with Gasteiger partial charge in [0.15, 0.2) is 16.6 Å². The van der Waals surface area contributed by atoms with Gasteiger partial charge in [0.05, 0.1) is 16.5 Å². The lowest BCUT2D eigenvalue weighted by atomic mass is 10.3. The van der Waals surface area contributed by atoms with Crippen LogP contribution in [0.4, 0.5) is 5.13 Å². The largest absolute Gasteiger partial charge is 0.461 e. The first-order valence-electron chi connectivity index (χ1n) is 7.90. The van der Waals surface area contributed by atoms with Crippen molar-refractivity contribution in [3.8, 4) is 22.2 Å². The predicted molar refractivity (Wildman–Crippen MR) is 103 cm³/mol. The average molecular weight is 394 g/mol. The maximum absolute atomic E-state index is 12.4. The number of amides is 1. The number of nitrogens with zero attached hydrogens (tertiary/aromatic N) is 3. The number of para-hydroxylation sites is 1. The van der Waals surface area contributed by atoms with Crippen molar-refractivity contribution < 1.29 is 13.7 Å². The zero-order valence-corrected chi connectivity index (χ0v) is 15.2. The van der Waals surface area contributed by atoms with Crippen LogP contribution in [-0.2, 0) is 0 Å². The third kappa shape index (κ3) is 3.03. The molecule has 0 aliphatic carbocycles. The summed E-state index contributed by atoms with van der Waals surface area (Å²) in [6.07, 6.45) is 1.52. The molecular formula is C18H10N4O3S2. The smallest absolute Gasteiger partial charge is 0.279 e. The maximum Gasteiger partial charge on any atom is 0.279 e. The van der Waals surface area contributed by atoms with E-state index in [0.29, 0.717) is 16.7 Å². The van der Waals surface area contributed by atoms with Gasteiger partial charge in [-0.05, 0) is 24.3 Å². The van der Waals surface area contributed by atoms with E-state index in [1.54, 1.807) is 23.5 Å². The first-order valence-corrected chi connectivity index (χ1v) is 9.59. The van der Waals surface area contributed by atoms with Crippen molar-refractivity contribution >= 4 is 43.9 Å². The first kappa shape index (κ1) is 15.9. The molecule has 1 aromatic carbocycles. The molecule has 1 N–H and O–H groups in total.